The molecule has 0 amide bonds. The first-order valence-corrected chi connectivity index (χ1v) is 6.40. The quantitative estimate of drug-likeness (QED) is 0.671. The Kier molecular flexibility index (Phi) is 4.71. The lowest BCUT2D eigenvalue weighted by Gasteiger charge is -2.19. The molecule has 0 saturated carbocycles. The molecule has 1 radical (unpaired) electrons. The van der Waals surface area contributed by atoms with E-state index in [1.54, 1.807) is 0 Å². The van der Waals surface area contributed by atoms with E-state index in [-0.39, 0.29) is 12.1 Å². The van der Waals surface area contributed by atoms with E-state index >= 15 is 0 Å². The molecule has 2 aromatic rings. The number of hydrogen-bond acceptors (Lipinski definition) is 0. The lowest BCUT2D eigenvalue weighted by Crippen LogP contribution is -2.16. The second-order valence-corrected chi connectivity index (χ2v) is 4.33. The van der Waals surface area contributed by atoms with Crippen molar-refractivity contribution in [2.75, 3.05) is 0 Å². The lowest BCUT2D eigenvalue weighted by molar-refractivity contribution is 0.551. The van der Waals surface area contributed by atoms with Gasteiger partial charge < -0.3 is 0 Å². The van der Waals surface area contributed by atoms with Crippen molar-refractivity contribution in [3.05, 3.63) is 97.1 Å². The van der Waals surface area contributed by atoms with Crippen molar-refractivity contribution < 1.29 is 0 Å². The van der Waals surface area contributed by atoms with Crippen molar-refractivity contribution in [1.29, 1.82) is 0 Å². The van der Waals surface area contributed by atoms with Gasteiger partial charge in [-0.3, -0.25) is 0 Å². The van der Waals surface area contributed by atoms with Crippen LogP contribution in [0.25, 0.3) is 0 Å². The largest absolute Gasteiger partial charge is 0.217 e. The van der Waals surface area contributed by atoms with Crippen LogP contribution in [0.1, 0.15) is 23.2 Å². The average molecular weight is 248 g/mol. The third kappa shape index (κ3) is 3.43. The van der Waals surface area contributed by atoms with E-state index in [1.165, 1.54) is 0 Å². The Hall–Kier alpha value is -2.12. The number of nitrogens with zero attached hydrogens (tertiary/aromatic N) is 1. The van der Waals surface area contributed by atoms with Gasteiger partial charge in [-0.2, -0.15) is 0 Å². The van der Waals surface area contributed by atoms with E-state index in [1.807, 2.05) is 48.6 Å². The van der Waals surface area contributed by atoms with Gasteiger partial charge in [-0.15, -0.1) is 13.2 Å². The van der Waals surface area contributed by atoms with Gasteiger partial charge in [0.1, 0.15) is 0 Å². The van der Waals surface area contributed by atoms with E-state index in [0.717, 1.165) is 11.1 Å². The molecule has 0 bridgehead atoms. The van der Waals surface area contributed by atoms with Gasteiger partial charge in [0.15, 0.2) is 0 Å². The summed E-state index contributed by atoms with van der Waals surface area (Å²) in [4.78, 5) is 0. The van der Waals surface area contributed by atoms with Gasteiger partial charge in [-0.05, 0) is 11.1 Å². The molecule has 0 fully saturated rings. The number of hydrogen-bond donors (Lipinski definition) is 0. The molecule has 0 aromatic heterocycles. The molecule has 1 heteroatoms. The average Bonchev–Trinajstić information content (AvgIpc) is 2.50. The maximum absolute atomic E-state index is 4.82. The van der Waals surface area contributed by atoms with Gasteiger partial charge >= 0.3 is 0 Å². The highest BCUT2D eigenvalue weighted by molar-refractivity contribution is 5.26. The second-order valence-electron chi connectivity index (χ2n) is 4.33. The van der Waals surface area contributed by atoms with Crippen LogP contribution in [0.5, 0.6) is 0 Å². The maximum Gasteiger partial charge on any atom is 0.0684 e. The summed E-state index contributed by atoms with van der Waals surface area (Å²) in [6.07, 6.45) is 3.74. The summed E-state index contributed by atoms with van der Waals surface area (Å²) in [6, 6.07) is 20.4. The van der Waals surface area contributed by atoms with E-state index in [4.69, 9.17) is 5.32 Å². The van der Waals surface area contributed by atoms with Crippen molar-refractivity contribution in [3.63, 3.8) is 0 Å². The highest BCUT2D eigenvalue weighted by atomic mass is 14.9. The van der Waals surface area contributed by atoms with Crippen molar-refractivity contribution in [3.8, 4) is 0 Å². The molecule has 0 saturated heterocycles. The third-order valence-electron chi connectivity index (χ3n) is 3.05. The Labute approximate surface area is 115 Å². The molecule has 95 valence electrons. The van der Waals surface area contributed by atoms with Crippen LogP contribution < -0.4 is 5.32 Å². The highest BCUT2D eigenvalue weighted by Gasteiger charge is 2.14. The topological polar surface area (TPSA) is 14.1 Å². The van der Waals surface area contributed by atoms with Gasteiger partial charge in [0, 0.05) is 0 Å². The van der Waals surface area contributed by atoms with Gasteiger partial charge in [-0.1, -0.05) is 72.8 Å². The van der Waals surface area contributed by atoms with Gasteiger partial charge in [0.25, 0.3) is 0 Å². The van der Waals surface area contributed by atoms with Crippen LogP contribution in [0, 0.1) is 0 Å². The fourth-order valence-corrected chi connectivity index (χ4v) is 2.04. The molecule has 1 nitrogen and oxygen atoms in total. The lowest BCUT2D eigenvalue weighted by atomic mass is 10.0. The van der Waals surface area contributed by atoms with Crippen LogP contribution in [0.3, 0.4) is 0 Å². The minimum Gasteiger partial charge on any atom is -0.217 e. The summed E-state index contributed by atoms with van der Waals surface area (Å²) in [5.41, 5.74) is 2.31. The molecule has 0 aliphatic heterocycles. The molecule has 0 N–H and O–H groups in total. The molecule has 2 aromatic carbocycles. The van der Waals surface area contributed by atoms with E-state index in [0.29, 0.717) is 0 Å². The number of benzene rings is 2. The zero-order chi connectivity index (χ0) is 13.5. The smallest absolute Gasteiger partial charge is 0.0684 e. The number of rotatable bonds is 6. The Morgan fingerprint density at radius 2 is 1.05 bits per heavy atom. The second kappa shape index (κ2) is 6.72. The SMILES string of the molecule is C=CC([N]C(C=C)c1ccccc1)c1ccccc1. The molecule has 0 aliphatic rings. The molecule has 2 atom stereocenters. The van der Waals surface area contributed by atoms with Crippen molar-refractivity contribution >= 4 is 0 Å². The van der Waals surface area contributed by atoms with Crippen LogP contribution in [0.4, 0.5) is 0 Å². The monoisotopic (exact) mass is 248 g/mol. The summed E-state index contributed by atoms with van der Waals surface area (Å²) in [6.45, 7) is 7.78. The fourth-order valence-electron chi connectivity index (χ4n) is 2.04. The van der Waals surface area contributed by atoms with Gasteiger partial charge in [0.2, 0.25) is 0 Å². The zero-order valence-corrected chi connectivity index (χ0v) is 10.9. The summed E-state index contributed by atoms with van der Waals surface area (Å²) >= 11 is 0. The molecular weight excluding hydrogens is 230 g/mol. The first-order chi connectivity index (χ1) is 9.35. The van der Waals surface area contributed by atoms with E-state index in [2.05, 4.69) is 37.4 Å². The first-order valence-electron chi connectivity index (χ1n) is 6.40. The molecule has 0 aliphatic carbocycles. The molecule has 2 unspecified atom stereocenters. The van der Waals surface area contributed by atoms with Crippen LogP contribution in [-0.2, 0) is 0 Å². The third-order valence-corrected chi connectivity index (χ3v) is 3.05. The van der Waals surface area contributed by atoms with Crippen LogP contribution in [0.15, 0.2) is 86.0 Å². The van der Waals surface area contributed by atoms with Crippen LogP contribution >= 0.6 is 0 Å². The predicted molar refractivity (Wildman–Crippen MR) is 80.9 cm³/mol. The maximum atomic E-state index is 4.82. The van der Waals surface area contributed by atoms with E-state index in [9.17, 15) is 0 Å². The minimum atomic E-state index is -0.00981. The summed E-state index contributed by atoms with van der Waals surface area (Å²) in [7, 11) is 0. The van der Waals surface area contributed by atoms with Crippen molar-refractivity contribution in [2.45, 2.75) is 12.1 Å². The summed E-state index contributed by atoms with van der Waals surface area (Å²) < 4.78 is 0. The predicted octanol–water partition coefficient (Wildman–Crippen LogP) is 4.45. The molecule has 0 heterocycles. The summed E-state index contributed by atoms with van der Waals surface area (Å²) in [5, 5.41) is 4.82. The first kappa shape index (κ1) is 13.3. The highest BCUT2D eigenvalue weighted by Crippen LogP contribution is 2.23. The molecule has 0 spiro atoms. The van der Waals surface area contributed by atoms with E-state index < -0.39 is 0 Å². The molecule has 2 rings (SSSR count). The Bertz CT molecular complexity index is 466. The Balaban J connectivity index is 2.17. The van der Waals surface area contributed by atoms with Crippen LogP contribution in [0.2, 0.25) is 0 Å². The van der Waals surface area contributed by atoms with Gasteiger partial charge in [-0.25, -0.2) is 5.32 Å². The standard InChI is InChI=1S/C18H18N/c1-3-17(15-11-7-5-8-12-15)19-18(4-2)16-13-9-6-10-14-16/h3-14,17-18H,1-2H2. The fraction of sp³-hybridized carbons (Fsp3) is 0.111. The summed E-state index contributed by atoms with van der Waals surface area (Å²) in [5.74, 6) is 0. The van der Waals surface area contributed by atoms with Gasteiger partial charge in [0.05, 0.1) is 12.1 Å². The van der Waals surface area contributed by atoms with Crippen molar-refractivity contribution in [1.82, 2.24) is 5.32 Å². The molecular formula is C18H18N. The Morgan fingerprint density at radius 1 is 0.684 bits per heavy atom. The Morgan fingerprint density at radius 3 is 1.37 bits per heavy atom. The van der Waals surface area contributed by atoms with Crippen molar-refractivity contribution in [2.24, 2.45) is 0 Å². The minimum absolute atomic E-state index is 0.00981. The van der Waals surface area contributed by atoms with Crippen LogP contribution in [-0.4, -0.2) is 0 Å². The molecule has 19 heavy (non-hydrogen) atoms. The zero-order valence-electron chi connectivity index (χ0n) is 10.9. The normalized spacial score (nSPS) is 13.5.